The number of hydrogen-bond acceptors (Lipinski definition) is 1. The van der Waals surface area contributed by atoms with Crippen LogP contribution < -0.4 is 5.32 Å². The summed E-state index contributed by atoms with van der Waals surface area (Å²) in [6, 6.07) is 6.41. The van der Waals surface area contributed by atoms with Gasteiger partial charge in [-0.05, 0) is 63.1 Å². The van der Waals surface area contributed by atoms with E-state index in [-0.39, 0.29) is 11.0 Å². The predicted molar refractivity (Wildman–Crippen MR) is 90.7 cm³/mol. The Hall–Kier alpha value is -0.530. The van der Waals surface area contributed by atoms with Gasteiger partial charge in [0.05, 0.1) is 0 Å². The first-order valence-corrected chi connectivity index (χ1v) is 8.03. The molecule has 0 heterocycles. The molecule has 0 saturated carbocycles. The molecule has 0 radical (unpaired) electrons. The summed E-state index contributed by atoms with van der Waals surface area (Å²) < 4.78 is 0. The summed E-state index contributed by atoms with van der Waals surface area (Å²) in [6.45, 7) is 14.4. The van der Waals surface area contributed by atoms with Crippen LogP contribution in [-0.2, 0) is 6.42 Å². The molecule has 0 aliphatic carbocycles. The zero-order valence-electron chi connectivity index (χ0n) is 13.9. The highest BCUT2D eigenvalue weighted by Crippen LogP contribution is 2.31. The smallest absolute Gasteiger partial charge is 0.0440 e. The number of aryl methyl sites for hydroxylation is 1. The number of rotatable bonds is 6. The standard InChI is InChI=1S/C18H30ClN/c1-7-10-18(6,13-20-17(3,4)5)12-15-9-8-14(2)11-16(15)19/h8-9,11,20H,7,10,12-13H2,1-6H3. The van der Waals surface area contributed by atoms with Crippen LogP contribution in [0.1, 0.15) is 58.6 Å². The maximum atomic E-state index is 6.41. The van der Waals surface area contributed by atoms with E-state index in [9.17, 15) is 0 Å². The summed E-state index contributed by atoms with van der Waals surface area (Å²) in [5, 5.41) is 4.56. The molecule has 2 heteroatoms. The summed E-state index contributed by atoms with van der Waals surface area (Å²) in [6.07, 6.45) is 3.44. The van der Waals surface area contributed by atoms with Crippen LogP contribution in [0.5, 0.6) is 0 Å². The highest BCUT2D eigenvalue weighted by atomic mass is 35.5. The van der Waals surface area contributed by atoms with Gasteiger partial charge in [0.15, 0.2) is 0 Å². The average Bonchev–Trinajstić information content (AvgIpc) is 2.30. The molecule has 1 aromatic carbocycles. The maximum Gasteiger partial charge on any atom is 0.0440 e. The van der Waals surface area contributed by atoms with Gasteiger partial charge in [-0.3, -0.25) is 0 Å². The predicted octanol–water partition coefficient (Wildman–Crippen LogP) is 5.39. The molecule has 0 aliphatic rings. The molecule has 0 amide bonds. The molecule has 0 spiro atoms. The van der Waals surface area contributed by atoms with E-state index in [0.717, 1.165) is 18.0 Å². The first kappa shape index (κ1) is 17.5. The topological polar surface area (TPSA) is 12.0 Å². The Balaban J connectivity index is 2.84. The second-order valence-electron chi connectivity index (χ2n) is 7.44. The SMILES string of the molecule is CCCC(C)(CNC(C)(C)C)Cc1ccc(C)cc1Cl. The Morgan fingerprint density at radius 3 is 2.30 bits per heavy atom. The zero-order valence-corrected chi connectivity index (χ0v) is 14.7. The Morgan fingerprint density at radius 1 is 1.15 bits per heavy atom. The van der Waals surface area contributed by atoms with Crippen molar-refractivity contribution >= 4 is 11.6 Å². The van der Waals surface area contributed by atoms with Gasteiger partial charge in [-0.15, -0.1) is 0 Å². The van der Waals surface area contributed by atoms with Gasteiger partial charge in [0.1, 0.15) is 0 Å². The summed E-state index contributed by atoms with van der Waals surface area (Å²) in [5.74, 6) is 0. The van der Waals surface area contributed by atoms with E-state index < -0.39 is 0 Å². The van der Waals surface area contributed by atoms with E-state index in [2.05, 4.69) is 65.1 Å². The van der Waals surface area contributed by atoms with Crippen molar-refractivity contribution in [1.82, 2.24) is 5.32 Å². The van der Waals surface area contributed by atoms with Gasteiger partial charge in [-0.2, -0.15) is 0 Å². The van der Waals surface area contributed by atoms with E-state index in [4.69, 9.17) is 11.6 Å². The number of hydrogen-bond donors (Lipinski definition) is 1. The molecule has 114 valence electrons. The minimum Gasteiger partial charge on any atom is -0.312 e. The molecule has 1 atom stereocenters. The Kier molecular flexibility index (Phi) is 6.09. The second kappa shape index (κ2) is 6.95. The first-order chi connectivity index (χ1) is 9.15. The third-order valence-electron chi connectivity index (χ3n) is 3.72. The summed E-state index contributed by atoms with van der Waals surface area (Å²) in [7, 11) is 0. The molecular weight excluding hydrogens is 266 g/mol. The van der Waals surface area contributed by atoms with E-state index in [0.29, 0.717) is 0 Å². The normalized spacial score (nSPS) is 15.2. The Morgan fingerprint density at radius 2 is 1.80 bits per heavy atom. The third kappa shape index (κ3) is 5.85. The zero-order chi connectivity index (χ0) is 15.4. The maximum absolute atomic E-state index is 6.41. The first-order valence-electron chi connectivity index (χ1n) is 7.65. The number of benzene rings is 1. The van der Waals surface area contributed by atoms with Crippen LogP contribution in [0.3, 0.4) is 0 Å². The van der Waals surface area contributed by atoms with Crippen molar-refractivity contribution in [2.24, 2.45) is 5.41 Å². The third-order valence-corrected chi connectivity index (χ3v) is 4.08. The van der Waals surface area contributed by atoms with Crippen molar-refractivity contribution < 1.29 is 0 Å². The van der Waals surface area contributed by atoms with E-state index in [1.54, 1.807) is 0 Å². The molecule has 1 aromatic rings. The van der Waals surface area contributed by atoms with E-state index in [1.165, 1.54) is 24.0 Å². The fourth-order valence-electron chi connectivity index (χ4n) is 2.58. The van der Waals surface area contributed by atoms with Gasteiger partial charge in [-0.25, -0.2) is 0 Å². The largest absolute Gasteiger partial charge is 0.312 e. The molecule has 0 aromatic heterocycles. The molecular formula is C18H30ClN. The van der Waals surface area contributed by atoms with Crippen LogP contribution in [0.25, 0.3) is 0 Å². The van der Waals surface area contributed by atoms with Crippen LogP contribution in [0, 0.1) is 12.3 Å². The lowest BCUT2D eigenvalue weighted by Crippen LogP contribution is -2.43. The summed E-state index contributed by atoms with van der Waals surface area (Å²) in [4.78, 5) is 0. The molecule has 0 saturated heterocycles. The lowest BCUT2D eigenvalue weighted by Gasteiger charge is -2.34. The molecule has 0 bridgehead atoms. The fraction of sp³-hybridized carbons (Fsp3) is 0.667. The van der Waals surface area contributed by atoms with Crippen molar-refractivity contribution in [1.29, 1.82) is 0 Å². The lowest BCUT2D eigenvalue weighted by atomic mass is 9.79. The van der Waals surface area contributed by atoms with Crippen molar-refractivity contribution in [2.75, 3.05) is 6.54 Å². The molecule has 1 nitrogen and oxygen atoms in total. The fourth-order valence-corrected chi connectivity index (χ4v) is 2.88. The van der Waals surface area contributed by atoms with Crippen molar-refractivity contribution in [2.45, 2.75) is 66.3 Å². The van der Waals surface area contributed by atoms with Crippen LogP contribution in [0.2, 0.25) is 5.02 Å². The van der Waals surface area contributed by atoms with Crippen LogP contribution in [-0.4, -0.2) is 12.1 Å². The van der Waals surface area contributed by atoms with Gasteiger partial charge in [0, 0.05) is 17.1 Å². The van der Waals surface area contributed by atoms with Crippen molar-refractivity contribution in [3.63, 3.8) is 0 Å². The van der Waals surface area contributed by atoms with Gasteiger partial charge >= 0.3 is 0 Å². The molecule has 1 unspecified atom stereocenters. The highest BCUT2D eigenvalue weighted by Gasteiger charge is 2.26. The van der Waals surface area contributed by atoms with E-state index >= 15 is 0 Å². The highest BCUT2D eigenvalue weighted by molar-refractivity contribution is 6.31. The quantitative estimate of drug-likeness (QED) is 0.742. The number of halogens is 1. The molecule has 0 fully saturated rings. The van der Waals surface area contributed by atoms with Crippen LogP contribution >= 0.6 is 11.6 Å². The molecule has 1 rings (SSSR count). The number of nitrogens with one attached hydrogen (secondary N) is 1. The Bertz CT molecular complexity index is 434. The van der Waals surface area contributed by atoms with Gasteiger partial charge in [-0.1, -0.05) is 44.0 Å². The molecule has 0 aliphatic heterocycles. The lowest BCUT2D eigenvalue weighted by molar-refractivity contribution is 0.244. The minimum atomic E-state index is 0.159. The Labute approximate surface area is 130 Å². The monoisotopic (exact) mass is 295 g/mol. The van der Waals surface area contributed by atoms with Crippen LogP contribution in [0.4, 0.5) is 0 Å². The van der Waals surface area contributed by atoms with Gasteiger partial charge in [0.25, 0.3) is 0 Å². The van der Waals surface area contributed by atoms with Crippen molar-refractivity contribution in [3.8, 4) is 0 Å². The van der Waals surface area contributed by atoms with Gasteiger partial charge in [0.2, 0.25) is 0 Å². The molecule has 20 heavy (non-hydrogen) atoms. The van der Waals surface area contributed by atoms with E-state index in [1.807, 2.05) is 0 Å². The summed E-state index contributed by atoms with van der Waals surface area (Å²) in [5.41, 5.74) is 2.90. The van der Waals surface area contributed by atoms with Crippen LogP contribution in [0.15, 0.2) is 18.2 Å². The minimum absolute atomic E-state index is 0.159. The summed E-state index contributed by atoms with van der Waals surface area (Å²) >= 11 is 6.41. The molecule has 1 N–H and O–H groups in total. The van der Waals surface area contributed by atoms with Gasteiger partial charge < -0.3 is 5.32 Å². The second-order valence-corrected chi connectivity index (χ2v) is 7.84. The average molecular weight is 296 g/mol. The van der Waals surface area contributed by atoms with Crippen molar-refractivity contribution in [3.05, 3.63) is 34.3 Å².